The zero-order chi connectivity index (χ0) is 15.3. The van der Waals surface area contributed by atoms with Gasteiger partial charge in [-0.3, -0.25) is 0 Å². The van der Waals surface area contributed by atoms with E-state index in [2.05, 4.69) is 4.72 Å². The Morgan fingerprint density at radius 1 is 1.14 bits per heavy atom. The van der Waals surface area contributed by atoms with Crippen LogP contribution in [0.5, 0.6) is 5.75 Å². The highest BCUT2D eigenvalue weighted by atomic mass is 32.2. The minimum absolute atomic E-state index is 0.0193. The molecule has 0 saturated carbocycles. The molecule has 0 spiro atoms. The lowest BCUT2D eigenvalue weighted by molar-refractivity contribution is 0.322. The van der Waals surface area contributed by atoms with Gasteiger partial charge in [0.25, 0.3) is 0 Å². The number of sulfonamides is 1. The fourth-order valence-corrected chi connectivity index (χ4v) is 2.79. The Bertz CT molecular complexity index is 705. The summed E-state index contributed by atoms with van der Waals surface area (Å²) < 4.78 is 45.1. The van der Waals surface area contributed by atoms with Crippen molar-refractivity contribution in [2.45, 2.75) is 4.90 Å². The van der Waals surface area contributed by atoms with E-state index < -0.39 is 20.7 Å². The van der Waals surface area contributed by atoms with Gasteiger partial charge in [-0.05, 0) is 30.3 Å². The van der Waals surface area contributed by atoms with Gasteiger partial charge in [0.05, 0.1) is 0 Å². The van der Waals surface area contributed by atoms with E-state index in [1.165, 1.54) is 6.07 Å². The minimum Gasteiger partial charge on any atom is -0.492 e. The Morgan fingerprint density at radius 3 is 2.57 bits per heavy atom. The smallest absolute Gasteiger partial charge is 0.243 e. The van der Waals surface area contributed by atoms with Crippen molar-refractivity contribution in [3.05, 3.63) is 54.3 Å². The van der Waals surface area contributed by atoms with Crippen LogP contribution in [-0.4, -0.2) is 21.6 Å². The molecular formula is C14H15FN2O3S. The van der Waals surface area contributed by atoms with Gasteiger partial charge in [-0.25, -0.2) is 17.5 Å². The van der Waals surface area contributed by atoms with Crippen molar-refractivity contribution in [1.29, 1.82) is 0 Å². The normalized spacial score (nSPS) is 11.3. The first-order valence-electron chi connectivity index (χ1n) is 6.21. The van der Waals surface area contributed by atoms with Crippen molar-refractivity contribution < 1.29 is 17.5 Å². The first-order chi connectivity index (χ1) is 9.99. The maximum atomic E-state index is 13.5. The van der Waals surface area contributed by atoms with Crippen molar-refractivity contribution >= 4 is 15.7 Å². The molecule has 0 heterocycles. The lowest BCUT2D eigenvalue weighted by Crippen LogP contribution is -2.29. The maximum absolute atomic E-state index is 13.5. The maximum Gasteiger partial charge on any atom is 0.243 e. The van der Waals surface area contributed by atoms with Crippen LogP contribution < -0.4 is 15.2 Å². The molecule has 3 N–H and O–H groups in total. The van der Waals surface area contributed by atoms with Crippen LogP contribution in [-0.2, 0) is 10.0 Å². The number of anilines is 1. The van der Waals surface area contributed by atoms with Crippen molar-refractivity contribution in [2.24, 2.45) is 0 Å². The number of para-hydroxylation sites is 1. The number of nitrogens with one attached hydrogen (secondary N) is 1. The van der Waals surface area contributed by atoms with E-state index in [0.29, 0.717) is 5.75 Å². The van der Waals surface area contributed by atoms with Crippen LogP contribution in [0.3, 0.4) is 0 Å². The van der Waals surface area contributed by atoms with E-state index in [1.54, 1.807) is 12.1 Å². The average Bonchev–Trinajstić information content (AvgIpc) is 2.47. The summed E-state index contributed by atoms with van der Waals surface area (Å²) in [6, 6.07) is 12.4. The molecule has 0 amide bonds. The Kier molecular flexibility index (Phi) is 4.77. The Labute approximate surface area is 122 Å². The monoisotopic (exact) mass is 310 g/mol. The number of nitrogen functional groups attached to an aromatic ring is 1. The Hall–Kier alpha value is -2.12. The van der Waals surface area contributed by atoms with Gasteiger partial charge in [-0.15, -0.1) is 0 Å². The Morgan fingerprint density at radius 2 is 1.86 bits per heavy atom. The molecule has 5 nitrogen and oxygen atoms in total. The van der Waals surface area contributed by atoms with Crippen LogP contribution in [0, 0.1) is 5.82 Å². The zero-order valence-corrected chi connectivity index (χ0v) is 11.9. The summed E-state index contributed by atoms with van der Waals surface area (Å²) in [5.74, 6) is -0.215. The van der Waals surface area contributed by atoms with Crippen LogP contribution >= 0.6 is 0 Å². The molecule has 2 rings (SSSR count). The van der Waals surface area contributed by atoms with Crippen LogP contribution in [0.2, 0.25) is 0 Å². The van der Waals surface area contributed by atoms with Crippen LogP contribution in [0.25, 0.3) is 0 Å². The molecule has 0 saturated heterocycles. The van der Waals surface area contributed by atoms with E-state index in [9.17, 15) is 12.8 Å². The van der Waals surface area contributed by atoms with Gasteiger partial charge in [0.2, 0.25) is 10.0 Å². The fourth-order valence-electron chi connectivity index (χ4n) is 1.67. The third-order valence-electron chi connectivity index (χ3n) is 2.65. The quantitative estimate of drug-likeness (QED) is 0.629. The lowest BCUT2D eigenvalue weighted by Gasteiger charge is -2.09. The summed E-state index contributed by atoms with van der Waals surface area (Å²) in [7, 11) is -3.95. The number of benzene rings is 2. The molecule has 0 aromatic heterocycles. The Balaban J connectivity index is 1.94. The van der Waals surface area contributed by atoms with Gasteiger partial charge in [0.1, 0.15) is 23.1 Å². The molecule has 0 aliphatic carbocycles. The third-order valence-corrected chi connectivity index (χ3v) is 4.13. The molecule has 21 heavy (non-hydrogen) atoms. The molecule has 0 unspecified atom stereocenters. The summed E-state index contributed by atoms with van der Waals surface area (Å²) >= 11 is 0. The van der Waals surface area contributed by atoms with Crippen LogP contribution in [0.1, 0.15) is 0 Å². The highest BCUT2D eigenvalue weighted by molar-refractivity contribution is 7.89. The van der Waals surface area contributed by atoms with Gasteiger partial charge < -0.3 is 10.5 Å². The fraction of sp³-hybridized carbons (Fsp3) is 0.143. The van der Waals surface area contributed by atoms with Gasteiger partial charge in [0, 0.05) is 12.2 Å². The summed E-state index contributed by atoms with van der Waals surface area (Å²) in [4.78, 5) is -0.470. The van der Waals surface area contributed by atoms with Crippen molar-refractivity contribution in [3.63, 3.8) is 0 Å². The largest absolute Gasteiger partial charge is 0.492 e. The SMILES string of the molecule is Nc1ccc(F)c(S(=O)(=O)NCCOc2ccccc2)c1. The third kappa shape index (κ3) is 4.17. The van der Waals surface area contributed by atoms with E-state index >= 15 is 0 Å². The predicted molar refractivity (Wildman–Crippen MR) is 77.9 cm³/mol. The van der Waals surface area contributed by atoms with E-state index in [-0.39, 0.29) is 18.8 Å². The number of nitrogens with two attached hydrogens (primary N) is 1. The van der Waals surface area contributed by atoms with Crippen LogP contribution in [0.15, 0.2) is 53.4 Å². The average molecular weight is 310 g/mol. The summed E-state index contributed by atoms with van der Waals surface area (Å²) in [5, 5.41) is 0. The minimum atomic E-state index is -3.95. The summed E-state index contributed by atoms with van der Waals surface area (Å²) in [6.45, 7) is 0.151. The van der Waals surface area contributed by atoms with Gasteiger partial charge in [-0.1, -0.05) is 18.2 Å². The molecule has 2 aromatic rings. The molecule has 0 aliphatic heterocycles. The van der Waals surface area contributed by atoms with E-state index in [4.69, 9.17) is 10.5 Å². The molecule has 7 heteroatoms. The molecular weight excluding hydrogens is 295 g/mol. The molecule has 0 atom stereocenters. The zero-order valence-electron chi connectivity index (χ0n) is 11.1. The van der Waals surface area contributed by atoms with Crippen molar-refractivity contribution in [2.75, 3.05) is 18.9 Å². The van der Waals surface area contributed by atoms with E-state index in [1.807, 2.05) is 18.2 Å². The number of halogens is 1. The van der Waals surface area contributed by atoms with Crippen molar-refractivity contribution in [3.8, 4) is 5.75 Å². The summed E-state index contributed by atoms with van der Waals surface area (Å²) in [6.07, 6.45) is 0. The lowest BCUT2D eigenvalue weighted by atomic mass is 10.3. The number of rotatable bonds is 6. The van der Waals surface area contributed by atoms with E-state index in [0.717, 1.165) is 12.1 Å². The molecule has 0 fully saturated rings. The van der Waals surface area contributed by atoms with Crippen molar-refractivity contribution in [1.82, 2.24) is 4.72 Å². The van der Waals surface area contributed by atoms with Gasteiger partial charge in [0.15, 0.2) is 0 Å². The molecule has 0 aliphatic rings. The molecule has 0 radical (unpaired) electrons. The number of hydrogen-bond donors (Lipinski definition) is 2. The second-order valence-corrected chi connectivity index (χ2v) is 5.98. The molecule has 2 aromatic carbocycles. The highest BCUT2D eigenvalue weighted by Crippen LogP contribution is 2.17. The first kappa shape index (κ1) is 15.3. The standard InChI is InChI=1S/C14H15FN2O3S/c15-13-7-6-11(16)10-14(13)21(18,19)17-8-9-20-12-4-2-1-3-5-12/h1-7,10,17H,8-9,16H2. The van der Waals surface area contributed by atoms with Crippen LogP contribution in [0.4, 0.5) is 10.1 Å². The second-order valence-electron chi connectivity index (χ2n) is 4.25. The molecule has 112 valence electrons. The predicted octanol–water partition coefficient (Wildman–Crippen LogP) is 1.77. The number of ether oxygens (including phenoxy) is 1. The highest BCUT2D eigenvalue weighted by Gasteiger charge is 2.18. The topological polar surface area (TPSA) is 81.4 Å². The van der Waals surface area contributed by atoms with Gasteiger partial charge in [-0.2, -0.15) is 0 Å². The first-order valence-corrected chi connectivity index (χ1v) is 7.70. The second kappa shape index (κ2) is 6.55. The molecule has 0 bridgehead atoms. The summed E-state index contributed by atoms with van der Waals surface area (Å²) in [5.41, 5.74) is 5.65. The number of hydrogen-bond acceptors (Lipinski definition) is 4. The van der Waals surface area contributed by atoms with Gasteiger partial charge >= 0.3 is 0 Å².